The van der Waals surface area contributed by atoms with Gasteiger partial charge >= 0.3 is 0 Å². The standard InChI is InChI=1S/C20H32N2O2S/c1-12(2)10-22(11-13(3)4)20(24)18-16-8-7-14(5)9-17(16)25-19(18)21-15(6)23/h12-14H,7-11H2,1-6H3,(H,21,23). The minimum absolute atomic E-state index is 0.0817. The van der Waals surface area contributed by atoms with E-state index in [4.69, 9.17) is 0 Å². The molecule has 0 bridgehead atoms. The molecular weight excluding hydrogens is 332 g/mol. The smallest absolute Gasteiger partial charge is 0.257 e. The van der Waals surface area contributed by atoms with E-state index in [0.29, 0.717) is 17.8 Å². The lowest BCUT2D eigenvalue weighted by molar-refractivity contribution is -0.114. The molecule has 1 unspecified atom stereocenters. The van der Waals surface area contributed by atoms with Crippen LogP contribution in [-0.2, 0) is 17.6 Å². The van der Waals surface area contributed by atoms with Crippen LogP contribution in [-0.4, -0.2) is 29.8 Å². The van der Waals surface area contributed by atoms with Crippen molar-refractivity contribution in [1.29, 1.82) is 0 Å². The third-order valence-corrected chi connectivity index (χ3v) is 5.64. The van der Waals surface area contributed by atoms with Gasteiger partial charge < -0.3 is 10.2 Å². The van der Waals surface area contributed by atoms with Crippen molar-refractivity contribution in [2.24, 2.45) is 17.8 Å². The van der Waals surface area contributed by atoms with Crippen LogP contribution in [0.2, 0.25) is 0 Å². The highest BCUT2D eigenvalue weighted by molar-refractivity contribution is 7.17. The van der Waals surface area contributed by atoms with E-state index < -0.39 is 0 Å². The average molecular weight is 365 g/mol. The molecule has 0 aromatic carbocycles. The molecule has 2 rings (SSSR count). The molecule has 4 nitrogen and oxygen atoms in total. The van der Waals surface area contributed by atoms with Crippen LogP contribution in [0.25, 0.3) is 0 Å². The molecule has 0 radical (unpaired) electrons. The van der Waals surface area contributed by atoms with E-state index in [1.165, 1.54) is 17.4 Å². The minimum Gasteiger partial charge on any atom is -0.338 e. The predicted molar refractivity (Wildman–Crippen MR) is 105 cm³/mol. The van der Waals surface area contributed by atoms with Gasteiger partial charge in [0.05, 0.1) is 5.56 Å². The first kappa shape index (κ1) is 20.0. The first-order valence-corrected chi connectivity index (χ1v) is 10.2. The largest absolute Gasteiger partial charge is 0.338 e. The van der Waals surface area contributed by atoms with Crippen LogP contribution in [0.4, 0.5) is 5.00 Å². The fraction of sp³-hybridized carbons (Fsp3) is 0.700. The number of hydrogen-bond donors (Lipinski definition) is 1. The average Bonchev–Trinajstić information content (AvgIpc) is 2.80. The Hall–Kier alpha value is -1.36. The fourth-order valence-electron chi connectivity index (χ4n) is 3.50. The summed E-state index contributed by atoms with van der Waals surface area (Å²) in [6.07, 6.45) is 3.05. The number of carbonyl (C=O) groups is 2. The summed E-state index contributed by atoms with van der Waals surface area (Å²) in [6.45, 7) is 13.8. The van der Waals surface area contributed by atoms with Crippen LogP contribution in [0.1, 0.15) is 68.8 Å². The minimum atomic E-state index is -0.111. The number of nitrogens with one attached hydrogen (secondary N) is 1. The molecule has 5 heteroatoms. The molecular formula is C20H32N2O2S. The molecule has 1 aromatic heterocycles. The zero-order valence-corrected chi connectivity index (χ0v) is 17.3. The molecule has 0 aliphatic heterocycles. The number of thiophene rings is 1. The molecule has 1 N–H and O–H groups in total. The van der Waals surface area contributed by atoms with Gasteiger partial charge in [-0.1, -0.05) is 34.6 Å². The molecule has 0 fully saturated rings. The summed E-state index contributed by atoms with van der Waals surface area (Å²) in [7, 11) is 0. The number of hydrogen-bond acceptors (Lipinski definition) is 3. The van der Waals surface area contributed by atoms with Crippen LogP contribution in [0.5, 0.6) is 0 Å². The lowest BCUT2D eigenvalue weighted by Gasteiger charge is -2.28. The Balaban J connectivity index is 2.42. The third kappa shape index (κ3) is 5.06. The molecule has 0 saturated heterocycles. The fourth-order valence-corrected chi connectivity index (χ4v) is 4.95. The number of rotatable bonds is 6. The Morgan fingerprint density at radius 1 is 1.20 bits per heavy atom. The van der Waals surface area contributed by atoms with Crippen LogP contribution in [0.3, 0.4) is 0 Å². The molecule has 1 atom stereocenters. The van der Waals surface area contributed by atoms with Gasteiger partial charge in [-0.2, -0.15) is 0 Å². The summed E-state index contributed by atoms with van der Waals surface area (Å²) in [4.78, 5) is 28.3. The lowest BCUT2D eigenvalue weighted by Crippen LogP contribution is -2.37. The summed E-state index contributed by atoms with van der Waals surface area (Å²) in [5, 5.41) is 3.66. The maximum Gasteiger partial charge on any atom is 0.257 e. The highest BCUT2D eigenvalue weighted by atomic mass is 32.1. The maximum absolute atomic E-state index is 13.4. The monoisotopic (exact) mass is 364 g/mol. The maximum atomic E-state index is 13.4. The summed E-state index contributed by atoms with van der Waals surface area (Å²) >= 11 is 1.60. The van der Waals surface area contributed by atoms with Crippen LogP contribution < -0.4 is 5.32 Å². The van der Waals surface area contributed by atoms with Crippen molar-refractivity contribution in [3.63, 3.8) is 0 Å². The first-order chi connectivity index (χ1) is 11.7. The van der Waals surface area contributed by atoms with Gasteiger partial charge in [0, 0.05) is 24.9 Å². The van der Waals surface area contributed by atoms with Crippen LogP contribution in [0.15, 0.2) is 0 Å². The zero-order valence-electron chi connectivity index (χ0n) is 16.4. The highest BCUT2D eigenvalue weighted by Gasteiger charge is 2.30. The molecule has 0 spiro atoms. The second kappa shape index (κ2) is 8.35. The Labute approximate surface area is 156 Å². The van der Waals surface area contributed by atoms with E-state index in [1.807, 2.05) is 4.90 Å². The lowest BCUT2D eigenvalue weighted by atomic mass is 9.88. The Morgan fingerprint density at radius 3 is 2.32 bits per heavy atom. The number of anilines is 1. The summed E-state index contributed by atoms with van der Waals surface area (Å²) in [5.74, 6) is 1.45. The summed E-state index contributed by atoms with van der Waals surface area (Å²) in [5.41, 5.74) is 1.93. The van der Waals surface area contributed by atoms with Crippen molar-refractivity contribution in [2.75, 3.05) is 18.4 Å². The summed E-state index contributed by atoms with van der Waals surface area (Å²) < 4.78 is 0. The van der Waals surface area contributed by atoms with Gasteiger partial charge in [-0.15, -0.1) is 11.3 Å². The van der Waals surface area contributed by atoms with Gasteiger partial charge in [0.2, 0.25) is 5.91 Å². The van der Waals surface area contributed by atoms with Crippen molar-refractivity contribution >= 4 is 28.2 Å². The Bertz CT molecular complexity index is 624. The van der Waals surface area contributed by atoms with E-state index >= 15 is 0 Å². The molecule has 1 aromatic rings. The van der Waals surface area contributed by atoms with Crippen molar-refractivity contribution in [1.82, 2.24) is 4.90 Å². The molecule has 0 saturated carbocycles. The number of fused-ring (bicyclic) bond motifs is 1. The number of carbonyl (C=O) groups excluding carboxylic acids is 2. The van der Waals surface area contributed by atoms with Crippen molar-refractivity contribution in [2.45, 2.75) is 60.8 Å². The van der Waals surface area contributed by atoms with Crippen LogP contribution >= 0.6 is 11.3 Å². The quantitative estimate of drug-likeness (QED) is 0.803. The normalized spacial score (nSPS) is 16.9. The Morgan fingerprint density at radius 2 is 1.80 bits per heavy atom. The van der Waals surface area contributed by atoms with Gasteiger partial charge in [0.25, 0.3) is 5.91 Å². The predicted octanol–water partition coefficient (Wildman–Crippen LogP) is 4.59. The van der Waals surface area contributed by atoms with E-state index in [-0.39, 0.29) is 11.8 Å². The van der Waals surface area contributed by atoms with Crippen LogP contribution in [0, 0.1) is 17.8 Å². The molecule has 2 amide bonds. The van der Waals surface area contributed by atoms with E-state index in [9.17, 15) is 9.59 Å². The van der Waals surface area contributed by atoms with Gasteiger partial charge in [0.15, 0.2) is 0 Å². The molecule has 1 aliphatic rings. The topological polar surface area (TPSA) is 49.4 Å². The third-order valence-electron chi connectivity index (χ3n) is 4.47. The second-order valence-electron chi connectivity index (χ2n) is 8.23. The Kier molecular flexibility index (Phi) is 6.66. The van der Waals surface area contributed by atoms with Gasteiger partial charge in [-0.25, -0.2) is 0 Å². The van der Waals surface area contributed by atoms with Crippen molar-refractivity contribution < 1.29 is 9.59 Å². The second-order valence-corrected chi connectivity index (χ2v) is 9.34. The molecule has 1 heterocycles. The van der Waals surface area contributed by atoms with Crippen molar-refractivity contribution in [3.05, 3.63) is 16.0 Å². The van der Waals surface area contributed by atoms with E-state index in [2.05, 4.69) is 39.9 Å². The van der Waals surface area contributed by atoms with Gasteiger partial charge in [-0.3, -0.25) is 9.59 Å². The molecule has 25 heavy (non-hydrogen) atoms. The summed E-state index contributed by atoms with van der Waals surface area (Å²) in [6, 6.07) is 0. The van der Waals surface area contributed by atoms with E-state index in [1.54, 1.807) is 11.3 Å². The van der Waals surface area contributed by atoms with Crippen molar-refractivity contribution in [3.8, 4) is 0 Å². The molecule has 1 aliphatic carbocycles. The van der Waals surface area contributed by atoms with E-state index in [0.717, 1.165) is 42.9 Å². The first-order valence-electron chi connectivity index (χ1n) is 9.40. The highest BCUT2D eigenvalue weighted by Crippen LogP contribution is 2.40. The molecule has 140 valence electrons. The zero-order chi connectivity index (χ0) is 18.7. The van der Waals surface area contributed by atoms with Gasteiger partial charge in [-0.05, 0) is 42.6 Å². The van der Waals surface area contributed by atoms with Gasteiger partial charge in [0.1, 0.15) is 5.00 Å². The number of nitrogens with zero attached hydrogens (tertiary/aromatic N) is 1. The SMILES string of the molecule is CC(=O)Nc1sc2c(c1C(=O)N(CC(C)C)CC(C)C)CCC(C)C2. The number of amides is 2.